The number of nitrogens with zero attached hydrogens (tertiary/aromatic N) is 1. The molecule has 2 aromatic rings. The summed E-state index contributed by atoms with van der Waals surface area (Å²) in [6.45, 7) is 1.86. The van der Waals surface area contributed by atoms with Gasteiger partial charge in [0.15, 0.2) is 11.5 Å². The maximum absolute atomic E-state index is 10.9. The lowest BCUT2D eigenvalue weighted by Gasteiger charge is -2.15. The highest BCUT2D eigenvalue weighted by Gasteiger charge is 2.19. The van der Waals surface area contributed by atoms with Gasteiger partial charge in [0.25, 0.3) is 0 Å². The number of carboxylic acid groups (broad SMARTS) is 1. The number of aromatic nitrogens is 2. The number of aromatic amines is 1. The molecule has 20 heavy (non-hydrogen) atoms. The van der Waals surface area contributed by atoms with Crippen molar-refractivity contribution in [2.75, 3.05) is 14.2 Å². The van der Waals surface area contributed by atoms with Gasteiger partial charge in [-0.2, -0.15) is 5.10 Å². The van der Waals surface area contributed by atoms with Crippen LogP contribution in [0.2, 0.25) is 0 Å². The molecule has 6 nitrogen and oxygen atoms in total. The number of halogens is 1. The first-order chi connectivity index (χ1) is 9.49. The molecule has 0 fully saturated rings. The van der Waals surface area contributed by atoms with E-state index in [1.165, 1.54) is 6.07 Å². The molecule has 0 aliphatic heterocycles. The molecule has 0 bridgehead atoms. The fraction of sp³-hybridized carbons (Fsp3) is 0.231. The van der Waals surface area contributed by atoms with Gasteiger partial charge in [0.05, 0.1) is 24.4 Å². The molecule has 7 heteroatoms. The minimum atomic E-state index is -1.05. The highest BCUT2D eigenvalue weighted by atomic mass is 79.9. The summed E-state index contributed by atoms with van der Waals surface area (Å²) in [6, 6.07) is 3.29. The zero-order chi connectivity index (χ0) is 14.9. The Kier molecular flexibility index (Phi) is 3.99. The monoisotopic (exact) mass is 340 g/mol. The molecule has 0 saturated heterocycles. The van der Waals surface area contributed by atoms with Gasteiger partial charge in [0.1, 0.15) is 5.69 Å². The van der Waals surface area contributed by atoms with Crippen molar-refractivity contribution in [3.8, 4) is 22.8 Å². The summed E-state index contributed by atoms with van der Waals surface area (Å²) in [7, 11) is 3.10. The number of hydrogen-bond acceptors (Lipinski definition) is 4. The van der Waals surface area contributed by atoms with Gasteiger partial charge in [-0.15, -0.1) is 0 Å². The molecular weight excluding hydrogens is 328 g/mol. The Balaban J connectivity index is 2.62. The lowest BCUT2D eigenvalue weighted by Crippen LogP contribution is -1.97. The third-order valence-corrected chi connectivity index (χ3v) is 3.52. The third kappa shape index (κ3) is 2.36. The van der Waals surface area contributed by atoms with Gasteiger partial charge >= 0.3 is 5.97 Å². The van der Waals surface area contributed by atoms with E-state index in [0.717, 1.165) is 11.1 Å². The highest BCUT2D eigenvalue weighted by Crippen LogP contribution is 2.42. The van der Waals surface area contributed by atoms with Crippen LogP contribution in [0.5, 0.6) is 11.5 Å². The molecule has 0 aliphatic rings. The molecule has 2 N–H and O–H groups in total. The van der Waals surface area contributed by atoms with Crippen LogP contribution in [0, 0.1) is 6.92 Å². The Morgan fingerprint density at radius 3 is 2.45 bits per heavy atom. The number of benzene rings is 1. The second-order valence-electron chi connectivity index (χ2n) is 4.07. The number of ether oxygens (including phenoxy) is 2. The Morgan fingerprint density at radius 1 is 1.30 bits per heavy atom. The number of methoxy groups -OCH3 is 2. The fourth-order valence-corrected chi connectivity index (χ4v) is 2.54. The van der Waals surface area contributed by atoms with Gasteiger partial charge in [-0.1, -0.05) is 0 Å². The Labute approximate surface area is 123 Å². The molecule has 1 aromatic carbocycles. The predicted octanol–water partition coefficient (Wildman–Crippen LogP) is 2.86. The highest BCUT2D eigenvalue weighted by molar-refractivity contribution is 9.10. The third-order valence-electron chi connectivity index (χ3n) is 2.93. The molecule has 1 aromatic heterocycles. The number of carboxylic acids is 1. The normalized spacial score (nSPS) is 10.4. The van der Waals surface area contributed by atoms with Crippen LogP contribution < -0.4 is 9.47 Å². The van der Waals surface area contributed by atoms with Crippen molar-refractivity contribution in [3.63, 3.8) is 0 Å². The first kappa shape index (κ1) is 14.4. The number of hydrogen-bond donors (Lipinski definition) is 2. The van der Waals surface area contributed by atoms with Crippen LogP contribution in [0.25, 0.3) is 11.3 Å². The molecule has 0 amide bonds. The number of aromatic carboxylic acids is 1. The molecule has 1 heterocycles. The van der Waals surface area contributed by atoms with Crippen molar-refractivity contribution >= 4 is 21.9 Å². The lowest BCUT2D eigenvalue weighted by molar-refractivity contribution is 0.0690. The van der Waals surface area contributed by atoms with Gasteiger partial charge in [0.2, 0.25) is 0 Å². The van der Waals surface area contributed by atoms with E-state index in [1.54, 1.807) is 14.2 Å². The Morgan fingerprint density at radius 2 is 1.95 bits per heavy atom. The van der Waals surface area contributed by atoms with E-state index in [0.29, 0.717) is 21.7 Å². The van der Waals surface area contributed by atoms with Crippen molar-refractivity contribution in [1.82, 2.24) is 10.2 Å². The van der Waals surface area contributed by atoms with Crippen LogP contribution in [-0.2, 0) is 0 Å². The molecule has 0 unspecified atom stereocenters. The summed E-state index contributed by atoms with van der Waals surface area (Å²) < 4.78 is 11.3. The number of rotatable bonds is 4. The first-order valence-electron chi connectivity index (χ1n) is 5.69. The van der Waals surface area contributed by atoms with Crippen LogP contribution in [-0.4, -0.2) is 35.5 Å². The Bertz CT molecular complexity index is 667. The molecule has 2 rings (SSSR count). The van der Waals surface area contributed by atoms with Gasteiger partial charge in [-0.3, -0.25) is 5.10 Å². The van der Waals surface area contributed by atoms with Crippen LogP contribution in [0.15, 0.2) is 16.6 Å². The molecule has 0 saturated carbocycles. The van der Waals surface area contributed by atoms with Crippen molar-refractivity contribution in [1.29, 1.82) is 0 Å². The van der Waals surface area contributed by atoms with Crippen molar-refractivity contribution < 1.29 is 19.4 Å². The maximum atomic E-state index is 10.9. The number of carbonyl (C=O) groups is 1. The van der Waals surface area contributed by atoms with Crippen LogP contribution in [0.1, 0.15) is 16.1 Å². The summed E-state index contributed by atoms with van der Waals surface area (Å²) in [5.74, 6) is 0.112. The van der Waals surface area contributed by atoms with E-state index in [9.17, 15) is 4.79 Å². The molecule has 106 valence electrons. The van der Waals surface area contributed by atoms with E-state index in [4.69, 9.17) is 14.6 Å². The second kappa shape index (κ2) is 5.54. The van der Waals surface area contributed by atoms with E-state index in [-0.39, 0.29) is 5.69 Å². The smallest absolute Gasteiger partial charge is 0.353 e. The second-order valence-corrected chi connectivity index (χ2v) is 4.92. The Hall–Kier alpha value is -2.02. The maximum Gasteiger partial charge on any atom is 0.353 e. The largest absolute Gasteiger partial charge is 0.493 e. The van der Waals surface area contributed by atoms with E-state index in [1.807, 2.05) is 13.0 Å². The topological polar surface area (TPSA) is 84.4 Å². The predicted molar refractivity (Wildman–Crippen MR) is 76.5 cm³/mol. The van der Waals surface area contributed by atoms with E-state index in [2.05, 4.69) is 26.1 Å². The zero-order valence-electron chi connectivity index (χ0n) is 11.2. The molecule has 0 atom stereocenters. The quantitative estimate of drug-likeness (QED) is 0.893. The zero-order valence-corrected chi connectivity index (χ0v) is 12.7. The lowest BCUT2D eigenvalue weighted by atomic mass is 10.0. The van der Waals surface area contributed by atoms with Gasteiger partial charge in [-0.25, -0.2) is 4.79 Å². The molecule has 0 aliphatic carbocycles. The van der Waals surface area contributed by atoms with Gasteiger partial charge in [0, 0.05) is 11.1 Å². The van der Waals surface area contributed by atoms with Crippen LogP contribution >= 0.6 is 15.9 Å². The molecule has 0 radical (unpaired) electrons. The van der Waals surface area contributed by atoms with Crippen molar-refractivity contribution in [3.05, 3.63) is 27.9 Å². The average Bonchev–Trinajstić information content (AvgIpc) is 2.90. The van der Waals surface area contributed by atoms with Crippen molar-refractivity contribution in [2.24, 2.45) is 0 Å². The standard InChI is InChI=1S/C13H13BrN2O4/c1-6-7(9-5-10(13(17)18)16-15-9)4-8(14)12(20-3)11(6)19-2/h4-5H,1-3H3,(H,15,16)(H,17,18). The fourth-order valence-electron chi connectivity index (χ4n) is 1.97. The molecular formula is C13H13BrN2O4. The van der Waals surface area contributed by atoms with Crippen LogP contribution in [0.3, 0.4) is 0 Å². The minimum Gasteiger partial charge on any atom is -0.493 e. The van der Waals surface area contributed by atoms with E-state index >= 15 is 0 Å². The number of H-pyrrole nitrogens is 1. The summed E-state index contributed by atoms with van der Waals surface area (Å²) in [5, 5.41) is 15.4. The SMILES string of the molecule is COc1c(Br)cc(-c2cc(C(=O)O)[nH]n2)c(C)c1OC. The summed E-state index contributed by atoms with van der Waals surface area (Å²) in [6.07, 6.45) is 0. The summed E-state index contributed by atoms with van der Waals surface area (Å²) in [4.78, 5) is 10.9. The summed E-state index contributed by atoms with van der Waals surface area (Å²) >= 11 is 3.41. The summed E-state index contributed by atoms with van der Waals surface area (Å²) in [5.41, 5.74) is 2.14. The van der Waals surface area contributed by atoms with Gasteiger partial charge < -0.3 is 14.6 Å². The number of nitrogens with one attached hydrogen (secondary N) is 1. The van der Waals surface area contributed by atoms with Crippen LogP contribution in [0.4, 0.5) is 0 Å². The molecule has 0 spiro atoms. The van der Waals surface area contributed by atoms with E-state index < -0.39 is 5.97 Å². The van der Waals surface area contributed by atoms with Gasteiger partial charge in [-0.05, 0) is 35.0 Å². The average molecular weight is 341 g/mol. The minimum absolute atomic E-state index is 0.0327. The first-order valence-corrected chi connectivity index (χ1v) is 6.49. The van der Waals surface area contributed by atoms with Crippen molar-refractivity contribution in [2.45, 2.75) is 6.92 Å².